The maximum atomic E-state index is 11.8. The molecule has 2 atom stereocenters. The van der Waals surface area contributed by atoms with Crippen LogP contribution < -0.4 is 10.1 Å². The van der Waals surface area contributed by atoms with Gasteiger partial charge in [-0.1, -0.05) is 19.1 Å². The van der Waals surface area contributed by atoms with Crippen LogP contribution in [0.15, 0.2) is 24.3 Å². The number of hydrogen-bond donors (Lipinski definition) is 1. The van der Waals surface area contributed by atoms with Crippen molar-refractivity contribution >= 4 is 17.6 Å². The lowest BCUT2D eigenvalue weighted by atomic mass is 10.3. The highest BCUT2D eigenvalue weighted by atomic mass is 16.5. The van der Waals surface area contributed by atoms with Crippen LogP contribution in [0.25, 0.3) is 0 Å². The summed E-state index contributed by atoms with van der Waals surface area (Å²) in [6, 6.07) is 7.15. The molecule has 5 nitrogen and oxygen atoms in total. The zero-order valence-electron chi connectivity index (χ0n) is 11.7. The molecule has 1 aromatic rings. The lowest BCUT2D eigenvalue weighted by molar-refractivity contribution is -0.148. The molecule has 0 aromatic heterocycles. The first-order chi connectivity index (χ1) is 9.61. The van der Waals surface area contributed by atoms with E-state index in [0.29, 0.717) is 24.0 Å². The molecule has 0 radical (unpaired) electrons. The van der Waals surface area contributed by atoms with Crippen LogP contribution in [0.1, 0.15) is 20.3 Å². The molecular formula is C15H19NO4. The Labute approximate surface area is 118 Å². The third kappa shape index (κ3) is 3.73. The van der Waals surface area contributed by atoms with Crippen molar-refractivity contribution in [2.45, 2.75) is 20.3 Å². The van der Waals surface area contributed by atoms with Gasteiger partial charge in [0.1, 0.15) is 5.75 Å². The Hall–Kier alpha value is -2.04. The van der Waals surface area contributed by atoms with Gasteiger partial charge in [0.05, 0.1) is 18.2 Å². The molecule has 0 heterocycles. The Bertz CT molecular complexity index is 500. The van der Waals surface area contributed by atoms with Gasteiger partial charge in [-0.05, 0) is 31.4 Å². The van der Waals surface area contributed by atoms with E-state index < -0.39 is 0 Å². The van der Waals surface area contributed by atoms with Crippen LogP contribution in [-0.4, -0.2) is 25.1 Å². The Kier molecular flexibility index (Phi) is 4.61. The van der Waals surface area contributed by atoms with Crippen LogP contribution in [-0.2, 0) is 14.3 Å². The predicted molar refractivity (Wildman–Crippen MR) is 74.5 cm³/mol. The van der Waals surface area contributed by atoms with E-state index in [1.165, 1.54) is 0 Å². The van der Waals surface area contributed by atoms with Gasteiger partial charge >= 0.3 is 5.97 Å². The molecule has 1 N–H and O–H groups in total. The minimum atomic E-state index is -0.362. The van der Waals surface area contributed by atoms with E-state index >= 15 is 0 Å². The quantitative estimate of drug-likeness (QED) is 0.810. The molecule has 1 fully saturated rings. The summed E-state index contributed by atoms with van der Waals surface area (Å²) in [5.74, 6) is 0.304. The van der Waals surface area contributed by atoms with Gasteiger partial charge in [-0.2, -0.15) is 0 Å². The van der Waals surface area contributed by atoms with Gasteiger partial charge in [0.2, 0.25) is 0 Å². The second-order valence-corrected chi connectivity index (χ2v) is 4.90. The average Bonchev–Trinajstić information content (AvgIpc) is 3.16. The van der Waals surface area contributed by atoms with Crippen LogP contribution in [0.2, 0.25) is 0 Å². The molecule has 5 heteroatoms. The van der Waals surface area contributed by atoms with Crippen molar-refractivity contribution < 1.29 is 19.1 Å². The van der Waals surface area contributed by atoms with Crippen LogP contribution in [0.3, 0.4) is 0 Å². The van der Waals surface area contributed by atoms with Crippen molar-refractivity contribution in [3.63, 3.8) is 0 Å². The van der Waals surface area contributed by atoms with Crippen molar-refractivity contribution in [1.29, 1.82) is 0 Å². The van der Waals surface area contributed by atoms with Gasteiger partial charge in [0.15, 0.2) is 6.61 Å². The SMILES string of the molecule is CCOc1ccccc1NC(=O)COC(=O)[C@H]1C[C@@H]1C. The van der Waals surface area contributed by atoms with Gasteiger partial charge in [0.25, 0.3) is 5.91 Å². The zero-order valence-corrected chi connectivity index (χ0v) is 11.7. The molecule has 0 bridgehead atoms. The Morgan fingerprint density at radius 1 is 1.35 bits per heavy atom. The largest absolute Gasteiger partial charge is 0.492 e. The first-order valence-electron chi connectivity index (χ1n) is 6.80. The number of anilines is 1. The maximum absolute atomic E-state index is 11.8. The molecule has 1 saturated carbocycles. The highest BCUT2D eigenvalue weighted by Crippen LogP contribution is 2.38. The van der Waals surface area contributed by atoms with Gasteiger partial charge < -0.3 is 14.8 Å². The summed E-state index contributed by atoms with van der Waals surface area (Å²) in [5, 5.41) is 2.68. The van der Waals surface area contributed by atoms with Gasteiger partial charge in [0, 0.05) is 0 Å². The number of carbonyl (C=O) groups excluding carboxylic acids is 2. The lowest BCUT2D eigenvalue weighted by Gasteiger charge is -2.11. The molecule has 20 heavy (non-hydrogen) atoms. The molecular weight excluding hydrogens is 258 g/mol. The van der Waals surface area contributed by atoms with Crippen molar-refractivity contribution in [2.24, 2.45) is 11.8 Å². The van der Waals surface area contributed by atoms with Crippen molar-refractivity contribution in [2.75, 3.05) is 18.5 Å². The smallest absolute Gasteiger partial charge is 0.309 e. The van der Waals surface area contributed by atoms with Gasteiger partial charge in [-0.15, -0.1) is 0 Å². The predicted octanol–water partition coefficient (Wildman–Crippen LogP) is 2.22. The summed E-state index contributed by atoms with van der Waals surface area (Å²) < 4.78 is 10.4. The summed E-state index contributed by atoms with van der Waals surface area (Å²) in [4.78, 5) is 23.3. The summed E-state index contributed by atoms with van der Waals surface area (Å²) in [7, 11) is 0. The number of benzene rings is 1. The Morgan fingerprint density at radius 2 is 2.05 bits per heavy atom. The molecule has 0 unspecified atom stereocenters. The topological polar surface area (TPSA) is 64.6 Å². The van der Waals surface area contributed by atoms with Crippen molar-refractivity contribution in [3.05, 3.63) is 24.3 Å². The van der Waals surface area contributed by atoms with Crippen LogP contribution in [0, 0.1) is 11.8 Å². The van der Waals surface area contributed by atoms with Crippen molar-refractivity contribution in [3.8, 4) is 5.75 Å². The number of nitrogens with one attached hydrogen (secondary N) is 1. The lowest BCUT2D eigenvalue weighted by Crippen LogP contribution is -2.22. The number of esters is 1. The van der Waals surface area contributed by atoms with E-state index in [-0.39, 0.29) is 24.4 Å². The molecule has 1 aromatic carbocycles. The minimum Gasteiger partial charge on any atom is -0.492 e. The number of amides is 1. The van der Waals surface area contributed by atoms with E-state index in [1.54, 1.807) is 18.2 Å². The minimum absolute atomic E-state index is 0.0292. The van der Waals surface area contributed by atoms with Gasteiger partial charge in [-0.25, -0.2) is 0 Å². The number of carbonyl (C=O) groups is 2. The van der Waals surface area contributed by atoms with Crippen LogP contribution >= 0.6 is 0 Å². The normalized spacial score (nSPS) is 20.1. The summed E-state index contributed by atoms with van der Waals surface area (Å²) in [6.45, 7) is 4.12. The molecule has 0 aliphatic heterocycles. The Balaban J connectivity index is 1.83. The molecule has 0 saturated heterocycles. The highest BCUT2D eigenvalue weighted by molar-refractivity contribution is 5.94. The van der Waals surface area contributed by atoms with Crippen LogP contribution in [0.4, 0.5) is 5.69 Å². The third-order valence-electron chi connectivity index (χ3n) is 3.22. The summed E-state index contributed by atoms with van der Waals surface area (Å²) in [5.41, 5.74) is 0.579. The second-order valence-electron chi connectivity index (χ2n) is 4.90. The zero-order chi connectivity index (χ0) is 14.5. The molecule has 1 amide bonds. The second kappa shape index (κ2) is 6.41. The summed E-state index contributed by atoms with van der Waals surface area (Å²) in [6.07, 6.45) is 0.855. The number of ether oxygens (including phenoxy) is 2. The number of rotatable bonds is 6. The van der Waals surface area contributed by atoms with Gasteiger partial charge in [-0.3, -0.25) is 9.59 Å². The molecule has 2 rings (SSSR count). The van der Waals surface area contributed by atoms with Crippen molar-refractivity contribution in [1.82, 2.24) is 0 Å². The fourth-order valence-electron chi connectivity index (χ4n) is 1.93. The number of para-hydroxylation sites is 2. The standard InChI is InChI=1S/C15H19NO4/c1-3-19-13-7-5-4-6-12(13)16-14(17)9-20-15(18)11-8-10(11)2/h4-7,10-11H,3,8-9H2,1-2H3,(H,16,17)/t10-,11-/m0/s1. The number of hydrogen-bond acceptors (Lipinski definition) is 4. The Morgan fingerprint density at radius 3 is 2.70 bits per heavy atom. The summed E-state index contributed by atoms with van der Waals surface area (Å²) >= 11 is 0. The van der Waals surface area contributed by atoms with E-state index in [2.05, 4.69) is 5.32 Å². The molecule has 1 aliphatic carbocycles. The fourth-order valence-corrected chi connectivity index (χ4v) is 1.93. The first kappa shape index (κ1) is 14.4. The third-order valence-corrected chi connectivity index (χ3v) is 3.22. The van der Waals surface area contributed by atoms with E-state index in [1.807, 2.05) is 19.9 Å². The fraction of sp³-hybridized carbons (Fsp3) is 0.467. The monoisotopic (exact) mass is 277 g/mol. The van der Waals surface area contributed by atoms with E-state index in [0.717, 1.165) is 6.42 Å². The molecule has 108 valence electrons. The molecule has 0 spiro atoms. The van der Waals surface area contributed by atoms with E-state index in [4.69, 9.17) is 9.47 Å². The highest BCUT2D eigenvalue weighted by Gasteiger charge is 2.40. The van der Waals surface area contributed by atoms with Crippen LogP contribution in [0.5, 0.6) is 5.75 Å². The molecule has 1 aliphatic rings. The average molecular weight is 277 g/mol. The maximum Gasteiger partial charge on any atom is 0.309 e. The first-order valence-corrected chi connectivity index (χ1v) is 6.80. The van der Waals surface area contributed by atoms with E-state index in [9.17, 15) is 9.59 Å².